The van der Waals surface area contributed by atoms with Crippen molar-refractivity contribution in [3.05, 3.63) is 41.3 Å². The van der Waals surface area contributed by atoms with Crippen LogP contribution in [0.5, 0.6) is 0 Å². The largest absolute Gasteiger partial charge is 0.245 e. The highest BCUT2D eigenvalue weighted by atomic mass is 35.5. The molecule has 1 radical (unpaired) electrons. The van der Waals surface area contributed by atoms with Crippen LogP contribution in [0, 0.1) is 13.8 Å². The minimum Gasteiger partial charge on any atom is -0.210 e. The highest BCUT2D eigenvalue weighted by Gasteiger charge is 2.19. The van der Waals surface area contributed by atoms with Gasteiger partial charge in [-0.25, -0.2) is 8.78 Å². The second-order valence-corrected chi connectivity index (χ2v) is 3.30. The number of aryl methyl sites for hydroxylation is 1. The maximum absolute atomic E-state index is 12.3. The number of hydrogen-bond donors (Lipinski definition) is 0. The minimum atomic E-state index is -2.47. The lowest BCUT2D eigenvalue weighted by molar-refractivity contribution is 0.130. The van der Waals surface area contributed by atoms with Crippen LogP contribution in [0.4, 0.5) is 8.78 Å². The highest BCUT2D eigenvalue weighted by Crippen LogP contribution is 2.30. The van der Waals surface area contributed by atoms with Gasteiger partial charge >= 0.3 is 0 Å². The molecule has 0 bridgehead atoms. The Balaban J connectivity index is 3.07. The van der Waals surface area contributed by atoms with Crippen molar-refractivity contribution < 1.29 is 8.78 Å². The van der Waals surface area contributed by atoms with E-state index in [0.717, 1.165) is 5.56 Å². The molecule has 3 heteroatoms. The second kappa shape index (κ2) is 4.05. The van der Waals surface area contributed by atoms with Crippen molar-refractivity contribution >= 4 is 11.6 Å². The Hall–Kier alpha value is -0.630. The van der Waals surface area contributed by atoms with E-state index in [1.165, 1.54) is 0 Å². The molecule has 13 heavy (non-hydrogen) atoms. The first kappa shape index (κ1) is 10.5. The molecule has 0 spiro atoms. The Morgan fingerprint density at radius 3 is 2.54 bits per heavy atom. The Labute approximate surface area is 81.5 Å². The van der Waals surface area contributed by atoms with Crippen molar-refractivity contribution in [2.75, 3.05) is 0 Å². The van der Waals surface area contributed by atoms with Crippen LogP contribution in [0.3, 0.4) is 0 Å². The maximum atomic E-state index is 12.3. The van der Waals surface area contributed by atoms with Crippen molar-refractivity contribution in [1.29, 1.82) is 0 Å². The monoisotopic (exact) mass is 203 g/mol. The lowest BCUT2D eigenvalue weighted by Gasteiger charge is -2.13. The first-order chi connectivity index (χ1) is 6.04. The van der Waals surface area contributed by atoms with E-state index < -0.39 is 12.3 Å². The fourth-order valence-corrected chi connectivity index (χ4v) is 1.36. The summed E-state index contributed by atoms with van der Waals surface area (Å²) < 4.78 is 24.6. The molecule has 1 atom stereocenters. The average molecular weight is 204 g/mol. The smallest absolute Gasteiger partial charge is 0.210 e. The van der Waals surface area contributed by atoms with E-state index in [4.69, 9.17) is 11.6 Å². The van der Waals surface area contributed by atoms with Crippen LogP contribution < -0.4 is 0 Å². The SMILES string of the molecule is [CH2]C(c1cccc(C)c1Cl)C(F)F. The van der Waals surface area contributed by atoms with Crippen LogP contribution in [0.25, 0.3) is 0 Å². The van der Waals surface area contributed by atoms with Crippen LogP contribution in [-0.4, -0.2) is 6.43 Å². The molecule has 1 aromatic carbocycles. The third-order valence-electron chi connectivity index (χ3n) is 1.93. The average Bonchev–Trinajstić information content (AvgIpc) is 2.08. The zero-order valence-electron chi connectivity index (χ0n) is 7.23. The first-order valence-corrected chi connectivity index (χ1v) is 4.28. The third-order valence-corrected chi connectivity index (χ3v) is 2.44. The van der Waals surface area contributed by atoms with Crippen molar-refractivity contribution in [2.24, 2.45) is 0 Å². The molecule has 0 saturated carbocycles. The van der Waals surface area contributed by atoms with Crippen LogP contribution >= 0.6 is 11.6 Å². The summed E-state index contributed by atoms with van der Waals surface area (Å²) in [5.41, 5.74) is 1.21. The van der Waals surface area contributed by atoms with Crippen LogP contribution in [0.15, 0.2) is 18.2 Å². The van der Waals surface area contributed by atoms with Gasteiger partial charge in [-0.15, -0.1) is 0 Å². The maximum Gasteiger partial charge on any atom is 0.245 e. The molecule has 0 aliphatic heterocycles. The zero-order chi connectivity index (χ0) is 10.0. The summed E-state index contributed by atoms with van der Waals surface area (Å²) >= 11 is 5.86. The van der Waals surface area contributed by atoms with E-state index in [1.54, 1.807) is 25.1 Å². The molecule has 0 nitrogen and oxygen atoms in total. The van der Waals surface area contributed by atoms with E-state index in [0.29, 0.717) is 10.6 Å². The predicted octanol–water partition coefficient (Wildman–Crippen LogP) is 3.83. The lowest BCUT2D eigenvalue weighted by atomic mass is 10.00. The molecular formula is C10H10ClF2. The molecule has 0 saturated heterocycles. The van der Waals surface area contributed by atoms with Gasteiger partial charge in [-0.05, 0) is 25.0 Å². The molecule has 0 N–H and O–H groups in total. The molecule has 0 aliphatic carbocycles. The van der Waals surface area contributed by atoms with E-state index in [2.05, 4.69) is 6.92 Å². The lowest BCUT2D eigenvalue weighted by Crippen LogP contribution is -2.06. The number of rotatable bonds is 2. The minimum absolute atomic E-state index is 0.391. The van der Waals surface area contributed by atoms with Crippen molar-refractivity contribution in [2.45, 2.75) is 19.3 Å². The summed E-state index contributed by atoms with van der Waals surface area (Å²) in [6.07, 6.45) is -2.47. The molecule has 0 aliphatic rings. The summed E-state index contributed by atoms with van der Waals surface area (Å²) in [7, 11) is 0. The quantitative estimate of drug-likeness (QED) is 0.685. The Bertz CT molecular complexity index is 297. The van der Waals surface area contributed by atoms with Crippen LogP contribution in [-0.2, 0) is 0 Å². The van der Waals surface area contributed by atoms with Crippen LogP contribution in [0.2, 0.25) is 5.02 Å². The standard InChI is InChI=1S/C10H10ClF2/c1-6-4-3-5-8(9(6)11)7(2)10(12)13/h3-5,7,10H,2H2,1H3. The molecule has 1 aromatic rings. The van der Waals surface area contributed by atoms with Gasteiger partial charge in [0.15, 0.2) is 0 Å². The van der Waals surface area contributed by atoms with Gasteiger partial charge in [-0.3, -0.25) is 0 Å². The van der Waals surface area contributed by atoms with E-state index in [1.807, 2.05) is 0 Å². The van der Waals surface area contributed by atoms with Gasteiger partial charge in [0, 0.05) is 10.9 Å². The number of halogens is 3. The van der Waals surface area contributed by atoms with Gasteiger partial charge in [-0.1, -0.05) is 29.8 Å². The third kappa shape index (κ3) is 2.19. The van der Waals surface area contributed by atoms with Crippen molar-refractivity contribution in [3.63, 3.8) is 0 Å². The van der Waals surface area contributed by atoms with Gasteiger partial charge in [0.1, 0.15) is 0 Å². The molecule has 0 fully saturated rings. The molecule has 0 heterocycles. The molecule has 0 aromatic heterocycles. The van der Waals surface area contributed by atoms with E-state index >= 15 is 0 Å². The summed E-state index contributed by atoms with van der Waals surface area (Å²) in [4.78, 5) is 0. The first-order valence-electron chi connectivity index (χ1n) is 3.90. The zero-order valence-corrected chi connectivity index (χ0v) is 7.98. The van der Waals surface area contributed by atoms with Crippen molar-refractivity contribution in [1.82, 2.24) is 0 Å². The Kier molecular flexibility index (Phi) is 3.26. The Morgan fingerprint density at radius 2 is 2.00 bits per heavy atom. The van der Waals surface area contributed by atoms with Gasteiger partial charge in [0.05, 0.1) is 0 Å². The summed E-state index contributed by atoms with van der Waals surface area (Å²) in [5, 5.41) is 0.391. The van der Waals surface area contributed by atoms with Gasteiger partial charge < -0.3 is 0 Å². The molecule has 71 valence electrons. The fraction of sp³-hybridized carbons (Fsp3) is 0.300. The second-order valence-electron chi connectivity index (χ2n) is 2.92. The topological polar surface area (TPSA) is 0 Å². The molecular weight excluding hydrogens is 194 g/mol. The fourth-order valence-electron chi connectivity index (χ4n) is 1.09. The normalized spacial score (nSPS) is 13.4. The molecule has 1 rings (SSSR count). The number of benzene rings is 1. The number of hydrogen-bond acceptors (Lipinski definition) is 0. The van der Waals surface area contributed by atoms with Crippen molar-refractivity contribution in [3.8, 4) is 0 Å². The van der Waals surface area contributed by atoms with E-state index in [9.17, 15) is 8.78 Å². The highest BCUT2D eigenvalue weighted by molar-refractivity contribution is 6.32. The van der Waals surface area contributed by atoms with Gasteiger partial charge in [-0.2, -0.15) is 0 Å². The van der Waals surface area contributed by atoms with Crippen LogP contribution in [0.1, 0.15) is 17.0 Å². The summed E-state index contributed by atoms with van der Waals surface area (Å²) in [6.45, 7) is 5.16. The summed E-state index contributed by atoms with van der Waals surface area (Å²) in [6, 6.07) is 5.07. The van der Waals surface area contributed by atoms with E-state index in [-0.39, 0.29) is 0 Å². The Morgan fingerprint density at radius 1 is 1.38 bits per heavy atom. The van der Waals surface area contributed by atoms with Gasteiger partial charge in [0.25, 0.3) is 0 Å². The molecule has 0 amide bonds. The predicted molar refractivity (Wildman–Crippen MR) is 50.3 cm³/mol. The van der Waals surface area contributed by atoms with Gasteiger partial charge in [0.2, 0.25) is 6.43 Å². The summed E-state index contributed by atoms with van der Waals surface area (Å²) in [5.74, 6) is -1.05. The number of alkyl halides is 2. The molecule has 1 unspecified atom stereocenters.